The lowest BCUT2D eigenvalue weighted by molar-refractivity contribution is 0.299. The molecule has 0 amide bonds. The number of pyridine rings is 1. The Bertz CT molecular complexity index is 1460. The van der Waals surface area contributed by atoms with Crippen LogP contribution in [0.2, 0.25) is 0 Å². The Kier molecular flexibility index (Phi) is 5.89. The molecule has 0 bridgehead atoms. The van der Waals surface area contributed by atoms with E-state index >= 15 is 0 Å². The van der Waals surface area contributed by atoms with Crippen molar-refractivity contribution < 1.29 is 4.74 Å². The normalized spacial score (nSPS) is 10.9. The van der Waals surface area contributed by atoms with Crippen molar-refractivity contribution in [2.45, 2.75) is 13.0 Å². The van der Waals surface area contributed by atoms with Crippen molar-refractivity contribution in [2.24, 2.45) is 7.05 Å². The highest BCUT2D eigenvalue weighted by atomic mass is 16.5. The summed E-state index contributed by atoms with van der Waals surface area (Å²) in [6, 6.07) is 15.0. The fourth-order valence-electron chi connectivity index (χ4n) is 3.43. The van der Waals surface area contributed by atoms with E-state index in [-0.39, 0.29) is 5.43 Å². The van der Waals surface area contributed by atoms with Crippen molar-refractivity contribution in [2.75, 3.05) is 0 Å². The largest absolute Gasteiger partial charge is 0.484 e. The Labute approximate surface area is 195 Å². The second-order valence-corrected chi connectivity index (χ2v) is 7.67. The number of nitrogens with zero attached hydrogens (tertiary/aromatic N) is 7. The van der Waals surface area contributed by atoms with Crippen molar-refractivity contribution in [3.63, 3.8) is 0 Å². The molecule has 34 heavy (non-hydrogen) atoms. The topological polar surface area (TPSA) is 101 Å². The minimum absolute atomic E-state index is 0.115. The minimum Gasteiger partial charge on any atom is -0.484 e. The van der Waals surface area contributed by atoms with Crippen molar-refractivity contribution >= 4 is 0 Å². The van der Waals surface area contributed by atoms with Crippen LogP contribution >= 0.6 is 0 Å². The zero-order valence-electron chi connectivity index (χ0n) is 18.4. The molecule has 5 aromatic rings. The Hall–Kier alpha value is -4.66. The maximum atomic E-state index is 12.4. The van der Waals surface area contributed by atoms with Gasteiger partial charge in [-0.25, -0.2) is 14.6 Å². The van der Waals surface area contributed by atoms with Crippen LogP contribution in [0.15, 0.2) is 90.5 Å². The molecule has 0 spiro atoms. The van der Waals surface area contributed by atoms with Crippen molar-refractivity contribution in [1.29, 1.82) is 0 Å². The molecule has 4 aromatic heterocycles. The summed E-state index contributed by atoms with van der Waals surface area (Å²) in [7, 11) is 1.83. The Balaban J connectivity index is 1.32. The molecule has 0 atom stereocenters. The quantitative estimate of drug-likeness (QED) is 0.375. The Morgan fingerprint density at radius 1 is 0.971 bits per heavy atom. The SMILES string of the molecule is Cn1cc(-n2ccc(=O)c(Cc3cccc(-c4ncc(OCc5ccccn5)cn4)c3)n2)cn1. The van der Waals surface area contributed by atoms with E-state index in [4.69, 9.17) is 4.74 Å². The number of aromatic nitrogens is 7. The second-order valence-electron chi connectivity index (χ2n) is 7.67. The summed E-state index contributed by atoms with van der Waals surface area (Å²) >= 11 is 0. The Morgan fingerprint density at radius 3 is 2.62 bits per heavy atom. The van der Waals surface area contributed by atoms with Gasteiger partial charge in [0, 0.05) is 37.5 Å². The highest BCUT2D eigenvalue weighted by Crippen LogP contribution is 2.19. The molecular weight excluding hydrogens is 430 g/mol. The Morgan fingerprint density at radius 2 is 1.85 bits per heavy atom. The van der Waals surface area contributed by atoms with Crippen LogP contribution in [0, 0.1) is 0 Å². The average Bonchev–Trinajstić information content (AvgIpc) is 3.31. The molecule has 0 N–H and O–H groups in total. The van der Waals surface area contributed by atoms with Crippen LogP contribution in [0.3, 0.4) is 0 Å². The molecule has 0 radical (unpaired) electrons. The first kappa shape index (κ1) is 21.2. The van der Waals surface area contributed by atoms with Crippen molar-refractivity contribution in [3.05, 3.63) is 113 Å². The molecule has 9 nitrogen and oxygen atoms in total. The molecule has 4 heterocycles. The highest BCUT2D eigenvalue weighted by Gasteiger charge is 2.09. The van der Waals surface area contributed by atoms with Gasteiger partial charge in [-0.15, -0.1) is 0 Å². The summed E-state index contributed by atoms with van der Waals surface area (Å²) in [5, 5.41) is 8.67. The zero-order chi connectivity index (χ0) is 23.3. The van der Waals surface area contributed by atoms with E-state index < -0.39 is 0 Å². The average molecular weight is 451 g/mol. The maximum Gasteiger partial charge on any atom is 0.203 e. The maximum absolute atomic E-state index is 12.4. The van der Waals surface area contributed by atoms with Crippen LogP contribution in [0.1, 0.15) is 17.0 Å². The summed E-state index contributed by atoms with van der Waals surface area (Å²) in [6.45, 7) is 0.347. The molecule has 0 saturated heterocycles. The van der Waals surface area contributed by atoms with E-state index in [1.165, 1.54) is 6.07 Å². The van der Waals surface area contributed by atoms with Crippen LogP contribution in [0.5, 0.6) is 5.75 Å². The van der Waals surface area contributed by atoms with Gasteiger partial charge < -0.3 is 4.74 Å². The third-order valence-electron chi connectivity index (χ3n) is 5.13. The van der Waals surface area contributed by atoms with Gasteiger partial charge in [0.1, 0.15) is 18.0 Å². The summed E-state index contributed by atoms with van der Waals surface area (Å²) in [5.74, 6) is 1.14. The number of benzene rings is 1. The van der Waals surface area contributed by atoms with Crippen LogP contribution in [-0.2, 0) is 20.1 Å². The van der Waals surface area contributed by atoms with Gasteiger partial charge in [-0.2, -0.15) is 10.2 Å². The van der Waals surface area contributed by atoms with E-state index in [2.05, 4.69) is 25.1 Å². The van der Waals surface area contributed by atoms with Crippen molar-refractivity contribution in [3.8, 4) is 22.8 Å². The molecule has 0 aliphatic rings. The first-order chi connectivity index (χ1) is 16.6. The molecule has 0 saturated carbocycles. The smallest absolute Gasteiger partial charge is 0.203 e. The van der Waals surface area contributed by atoms with Crippen LogP contribution in [0.25, 0.3) is 17.1 Å². The van der Waals surface area contributed by atoms with Gasteiger partial charge in [0.2, 0.25) is 5.43 Å². The van der Waals surface area contributed by atoms with E-state index in [0.717, 1.165) is 22.5 Å². The summed E-state index contributed by atoms with van der Waals surface area (Å²) in [5.41, 5.74) is 3.73. The van der Waals surface area contributed by atoms with Gasteiger partial charge in [0.25, 0.3) is 0 Å². The van der Waals surface area contributed by atoms with Crippen molar-refractivity contribution in [1.82, 2.24) is 34.5 Å². The zero-order valence-corrected chi connectivity index (χ0v) is 18.4. The molecule has 5 rings (SSSR count). The first-order valence-corrected chi connectivity index (χ1v) is 10.7. The predicted molar refractivity (Wildman–Crippen MR) is 125 cm³/mol. The van der Waals surface area contributed by atoms with Gasteiger partial charge in [0.15, 0.2) is 11.6 Å². The van der Waals surface area contributed by atoms with Gasteiger partial charge in [0.05, 0.1) is 30.5 Å². The highest BCUT2D eigenvalue weighted by molar-refractivity contribution is 5.56. The monoisotopic (exact) mass is 451 g/mol. The molecule has 9 heteroatoms. The molecule has 0 fully saturated rings. The third kappa shape index (κ3) is 4.88. The first-order valence-electron chi connectivity index (χ1n) is 10.7. The number of rotatable bonds is 7. The minimum atomic E-state index is -0.115. The molecule has 168 valence electrons. The van der Waals surface area contributed by atoms with Crippen LogP contribution < -0.4 is 10.2 Å². The molecule has 0 aliphatic carbocycles. The van der Waals surface area contributed by atoms with E-state index in [1.807, 2.05) is 55.7 Å². The second kappa shape index (κ2) is 9.45. The summed E-state index contributed by atoms with van der Waals surface area (Å²) in [4.78, 5) is 25.5. The number of ether oxygens (including phenoxy) is 1. The lowest BCUT2D eigenvalue weighted by Gasteiger charge is -2.08. The lowest BCUT2D eigenvalue weighted by Crippen LogP contribution is -2.16. The van der Waals surface area contributed by atoms with Gasteiger partial charge in [-0.05, 0) is 23.8 Å². The van der Waals surface area contributed by atoms with Gasteiger partial charge in [-0.1, -0.05) is 24.3 Å². The molecular formula is C25H21N7O2. The molecule has 1 aromatic carbocycles. The summed E-state index contributed by atoms with van der Waals surface area (Å²) < 4.78 is 9.05. The molecule has 0 aliphatic heterocycles. The third-order valence-corrected chi connectivity index (χ3v) is 5.13. The van der Waals surface area contributed by atoms with Gasteiger partial charge in [-0.3, -0.25) is 14.5 Å². The lowest BCUT2D eigenvalue weighted by atomic mass is 10.1. The van der Waals surface area contributed by atoms with Crippen LogP contribution in [-0.4, -0.2) is 34.5 Å². The van der Waals surface area contributed by atoms with Crippen LogP contribution in [0.4, 0.5) is 0 Å². The fourth-order valence-corrected chi connectivity index (χ4v) is 3.43. The van der Waals surface area contributed by atoms with E-state index in [9.17, 15) is 4.79 Å². The predicted octanol–water partition coefficient (Wildman–Crippen LogP) is 2.99. The summed E-state index contributed by atoms with van der Waals surface area (Å²) in [6.07, 6.45) is 10.6. The number of hydrogen-bond donors (Lipinski definition) is 0. The van der Waals surface area contributed by atoms with Gasteiger partial charge >= 0.3 is 0 Å². The standard InChI is InChI=1S/C25H21N7O2/c1-31-16-21(13-29-31)32-10-8-24(33)23(30-32)12-18-5-4-6-19(11-18)25-27-14-22(15-28-25)34-17-20-7-2-3-9-26-20/h2-11,13-16H,12,17H2,1H3. The van der Waals surface area contributed by atoms with E-state index in [1.54, 1.807) is 40.3 Å². The number of aryl methyl sites for hydroxylation is 1. The van der Waals surface area contributed by atoms with E-state index in [0.29, 0.717) is 30.3 Å². The molecule has 0 unspecified atom stereocenters. The number of hydrogen-bond acceptors (Lipinski definition) is 7. The fraction of sp³-hybridized carbons (Fsp3) is 0.120.